The number of anilines is 1. The minimum Gasteiger partial charge on any atom is -0.495 e. The third-order valence-corrected chi connectivity index (χ3v) is 6.97. The predicted octanol–water partition coefficient (Wildman–Crippen LogP) is 4.94. The Balaban J connectivity index is 1.34. The van der Waals surface area contributed by atoms with Crippen LogP contribution in [0.15, 0.2) is 103 Å². The molecule has 2 aliphatic rings. The van der Waals surface area contributed by atoms with Crippen LogP contribution in [0.1, 0.15) is 53.0 Å². The van der Waals surface area contributed by atoms with Crippen LogP contribution in [0.4, 0.5) is 5.69 Å². The SMILES string of the molecule is COc1ccccc1N1C(=O)c2ccc(C(=O)N3[C@H](c4ccccc4)[C@@H]3C(=O)c3ccccc3)cc2C1=O. The summed E-state index contributed by atoms with van der Waals surface area (Å²) in [4.78, 5) is 56.2. The van der Waals surface area contributed by atoms with E-state index in [2.05, 4.69) is 0 Å². The van der Waals surface area contributed by atoms with Gasteiger partial charge in [0.2, 0.25) is 0 Å². The maximum atomic E-state index is 13.7. The highest BCUT2D eigenvalue weighted by atomic mass is 16.5. The van der Waals surface area contributed by atoms with Crippen molar-refractivity contribution >= 4 is 29.2 Å². The molecule has 6 rings (SSSR count). The molecule has 186 valence electrons. The smallest absolute Gasteiger partial charge is 0.266 e. The van der Waals surface area contributed by atoms with Crippen LogP contribution in [-0.2, 0) is 0 Å². The highest BCUT2D eigenvalue weighted by Crippen LogP contribution is 2.46. The molecule has 4 aromatic carbocycles. The zero-order valence-electron chi connectivity index (χ0n) is 20.4. The van der Waals surface area contributed by atoms with Gasteiger partial charge in [0.15, 0.2) is 5.78 Å². The fourth-order valence-corrected chi connectivity index (χ4v) is 5.08. The van der Waals surface area contributed by atoms with Gasteiger partial charge in [-0.3, -0.25) is 19.2 Å². The van der Waals surface area contributed by atoms with E-state index in [9.17, 15) is 19.2 Å². The molecule has 0 N–H and O–H groups in total. The molecule has 4 aromatic rings. The summed E-state index contributed by atoms with van der Waals surface area (Å²) in [6.07, 6.45) is 0. The van der Waals surface area contributed by atoms with Gasteiger partial charge in [0.1, 0.15) is 11.8 Å². The van der Waals surface area contributed by atoms with Crippen molar-refractivity contribution in [2.45, 2.75) is 12.1 Å². The number of hydrogen-bond donors (Lipinski definition) is 0. The van der Waals surface area contributed by atoms with Gasteiger partial charge in [-0.15, -0.1) is 0 Å². The number of ketones is 1. The van der Waals surface area contributed by atoms with E-state index < -0.39 is 23.9 Å². The van der Waals surface area contributed by atoms with Crippen molar-refractivity contribution in [3.05, 3.63) is 131 Å². The van der Waals surface area contributed by atoms with Crippen LogP contribution < -0.4 is 9.64 Å². The number of benzene rings is 4. The van der Waals surface area contributed by atoms with Gasteiger partial charge in [-0.25, -0.2) is 4.90 Å². The van der Waals surface area contributed by atoms with Gasteiger partial charge in [-0.05, 0) is 35.9 Å². The normalized spacial score (nSPS) is 17.8. The Hall–Kier alpha value is -5.04. The third kappa shape index (κ3) is 3.67. The van der Waals surface area contributed by atoms with Gasteiger partial charge >= 0.3 is 0 Å². The standard InChI is InChI=1S/C31H22N2O5/c1-38-25-15-9-8-14-24(25)32-30(36)22-17-16-21(18-23(22)31(32)37)29(35)33-26(19-10-4-2-5-11-19)27(33)28(34)20-12-6-3-7-13-20/h2-18,26-27H,1H3/t26-,27-,33?/m1/s1. The predicted molar refractivity (Wildman–Crippen MR) is 140 cm³/mol. The molecule has 0 aliphatic carbocycles. The number of para-hydroxylation sites is 2. The first kappa shape index (κ1) is 23.4. The molecule has 0 radical (unpaired) electrons. The summed E-state index contributed by atoms with van der Waals surface area (Å²) in [5.74, 6) is -1.17. The van der Waals surface area contributed by atoms with E-state index in [1.165, 1.54) is 30.2 Å². The first-order valence-corrected chi connectivity index (χ1v) is 12.1. The van der Waals surface area contributed by atoms with Crippen molar-refractivity contribution < 1.29 is 23.9 Å². The summed E-state index contributed by atoms with van der Waals surface area (Å²) in [6, 6.07) is 28.4. The summed E-state index contributed by atoms with van der Waals surface area (Å²) in [6.45, 7) is 0. The Morgan fingerprint density at radius 3 is 2.05 bits per heavy atom. The third-order valence-electron chi connectivity index (χ3n) is 6.97. The summed E-state index contributed by atoms with van der Waals surface area (Å²) >= 11 is 0. The van der Waals surface area contributed by atoms with Crippen LogP contribution in [0.25, 0.3) is 0 Å². The van der Waals surface area contributed by atoms with E-state index in [1.54, 1.807) is 48.5 Å². The Kier molecular flexibility index (Phi) is 5.61. The van der Waals surface area contributed by atoms with Crippen LogP contribution in [0.2, 0.25) is 0 Å². The molecule has 0 unspecified atom stereocenters. The van der Waals surface area contributed by atoms with Crippen molar-refractivity contribution in [1.82, 2.24) is 4.90 Å². The first-order chi connectivity index (χ1) is 18.5. The topological polar surface area (TPSA) is 83.8 Å². The number of rotatable bonds is 6. The van der Waals surface area contributed by atoms with Crippen LogP contribution in [0.5, 0.6) is 5.75 Å². The molecule has 0 spiro atoms. The Labute approximate surface area is 218 Å². The lowest BCUT2D eigenvalue weighted by Gasteiger charge is -2.16. The van der Waals surface area contributed by atoms with Gasteiger partial charge in [0.25, 0.3) is 17.7 Å². The second kappa shape index (κ2) is 9.12. The average Bonchev–Trinajstić information content (AvgIpc) is 3.67. The molecule has 1 fully saturated rings. The number of ether oxygens (including phenoxy) is 1. The van der Waals surface area contributed by atoms with Gasteiger partial charge in [0, 0.05) is 11.1 Å². The fraction of sp³-hybridized carbons (Fsp3) is 0.0968. The average molecular weight is 503 g/mol. The minimum absolute atomic E-state index is 0.135. The van der Waals surface area contributed by atoms with Gasteiger partial charge in [0.05, 0.1) is 30.0 Å². The fourth-order valence-electron chi connectivity index (χ4n) is 5.08. The summed E-state index contributed by atoms with van der Waals surface area (Å²) in [5.41, 5.74) is 2.28. The highest BCUT2D eigenvalue weighted by Gasteiger charge is 2.56. The molecule has 0 saturated carbocycles. The van der Waals surface area contributed by atoms with Crippen LogP contribution in [-0.4, -0.2) is 41.6 Å². The number of methoxy groups -OCH3 is 1. The lowest BCUT2D eigenvalue weighted by atomic mass is 10.0. The Bertz CT molecular complexity index is 1600. The summed E-state index contributed by atoms with van der Waals surface area (Å²) in [7, 11) is 1.47. The second-order valence-corrected chi connectivity index (χ2v) is 9.12. The Morgan fingerprint density at radius 1 is 0.711 bits per heavy atom. The van der Waals surface area contributed by atoms with E-state index in [1.807, 2.05) is 36.4 Å². The molecule has 2 atom stereocenters. The number of hydrogen-bond acceptors (Lipinski definition) is 5. The van der Waals surface area contributed by atoms with Crippen molar-refractivity contribution in [1.29, 1.82) is 0 Å². The number of fused-ring (bicyclic) bond motifs is 1. The van der Waals surface area contributed by atoms with E-state index in [4.69, 9.17) is 4.74 Å². The number of nitrogens with zero attached hydrogens (tertiary/aromatic N) is 2. The van der Waals surface area contributed by atoms with E-state index in [-0.39, 0.29) is 28.4 Å². The van der Waals surface area contributed by atoms with E-state index in [0.717, 1.165) is 10.5 Å². The number of carbonyl (C=O) groups excluding carboxylic acids is 4. The van der Waals surface area contributed by atoms with Crippen LogP contribution in [0.3, 0.4) is 0 Å². The first-order valence-electron chi connectivity index (χ1n) is 12.1. The molecule has 7 nitrogen and oxygen atoms in total. The Morgan fingerprint density at radius 2 is 1.34 bits per heavy atom. The summed E-state index contributed by atoms with van der Waals surface area (Å²) in [5, 5.41) is 0. The number of carbonyl (C=O) groups is 4. The van der Waals surface area contributed by atoms with Crippen molar-refractivity contribution in [3.63, 3.8) is 0 Å². The van der Waals surface area contributed by atoms with E-state index >= 15 is 0 Å². The molecule has 3 amide bonds. The molecule has 2 heterocycles. The molecule has 2 aliphatic heterocycles. The van der Waals surface area contributed by atoms with E-state index in [0.29, 0.717) is 17.0 Å². The number of Topliss-reactive ketones (excluding diaryl/α,β-unsaturated/α-hetero) is 1. The lowest BCUT2D eigenvalue weighted by molar-refractivity contribution is 0.0833. The maximum absolute atomic E-state index is 13.7. The molecular formula is C31H22N2O5. The van der Waals surface area contributed by atoms with Gasteiger partial charge < -0.3 is 9.64 Å². The zero-order chi connectivity index (χ0) is 26.4. The minimum atomic E-state index is -0.664. The van der Waals surface area contributed by atoms with Gasteiger partial charge in [-0.2, -0.15) is 0 Å². The highest BCUT2D eigenvalue weighted by molar-refractivity contribution is 6.35. The number of imide groups is 1. The quantitative estimate of drug-likeness (QED) is 0.212. The molecular weight excluding hydrogens is 480 g/mol. The van der Waals surface area contributed by atoms with Crippen molar-refractivity contribution in [3.8, 4) is 5.75 Å². The zero-order valence-corrected chi connectivity index (χ0v) is 20.4. The maximum Gasteiger partial charge on any atom is 0.266 e. The monoisotopic (exact) mass is 502 g/mol. The van der Waals surface area contributed by atoms with Crippen molar-refractivity contribution in [2.75, 3.05) is 12.0 Å². The molecule has 0 aromatic heterocycles. The lowest BCUT2D eigenvalue weighted by Crippen LogP contribution is -2.29. The largest absolute Gasteiger partial charge is 0.495 e. The molecule has 0 bridgehead atoms. The number of amides is 3. The van der Waals surface area contributed by atoms with Crippen LogP contribution in [0, 0.1) is 0 Å². The molecule has 7 heteroatoms. The second-order valence-electron chi connectivity index (χ2n) is 9.12. The van der Waals surface area contributed by atoms with Gasteiger partial charge in [-0.1, -0.05) is 72.8 Å². The van der Waals surface area contributed by atoms with Crippen molar-refractivity contribution in [2.24, 2.45) is 0 Å². The summed E-state index contributed by atoms with van der Waals surface area (Å²) < 4.78 is 5.34. The van der Waals surface area contributed by atoms with Crippen LogP contribution >= 0.6 is 0 Å². The molecule has 1 saturated heterocycles. The molecule has 38 heavy (non-hydrogen) atoms.